The molecule has 0 saturated carbocycles. The van der Waals surface area contributed by atoms with E-state index in [1.165, 1.54) is 22.9 Å². The average molecular weight is 356 g/mol. The second-order valence-electron chi connectivity index (χ2n) is 2.99. The molecule has 3 nitrogen and oxygen atoms in total. The van der Waals surface area contributed by atoms with E-state index in [1.54, 1.807) is 6.07 Å². The molecule has 17 heavy (non-hydrogen) atoms. The Labute approximate surface area is 148 Å². The van der Waals surface area contributed by atoms with Crippen LogP contribution in [0.3, 0.4) is 0 Å². The molecule has 0 aromatic heterocycles. The van der Waals surface area contributed by atoms with Gasteiger partial charge in [-0.25, -0.2) is 13.1 Å². The minimum Gasteiger partial charge on any atom is -0.448 e. The number of benzene rings is 1. The van der Waals surface area contributed by atoms with Crippen LogP contribution in [-0.2, 0) is 10.0 Å². The fraction of sp³-hybridized carbons (Fsp3) is 0.143. The predicted octanol–water partition coefficient (Wildman–Crippen LogP) is -0.882. The van der Waals surface area contributed by atoms with Gasteiger partial charge >= 0.3 is 58.4 Å². The van der Waals surface area contributed by atoms with Gasteiger partial charge in [-0.15, -0.1) is 0 Å². The van der Waals surface area contributed by atoms with Crippen molar-refractivity contribution in [2.45, 2.75) is 4.90 Å². The zero-order valence-corrected chi connectivity index (χ0v) is 14.4. The van der Waals surface area contributed by atoms with E-state index in [2.05, 4.69) is 15.9 Å². The molecule has 1 aromatic rings. The van der Waals surface area contributed by atoms with Crippen LogP contribution in [0.4, 0.5) is 12.9 Å². The summed E-state index contributed by atoms with van der Waals surface area (Å²) in [7, 11) is -4.13. The van der Waals surface area contributed by atoms with Crippen molar-refractivity contribution in [3.8, 4) is 0 Å². The van der Waals surface area contributed by atoms with E-state index in [1.807, 2.05) is 0 Å². The Balaban J connectivity index is 0.00000256. The number of halogens is 4. The zero-order valence-electron chi connectivity index (χ0n) is 8.83. The second kappa shape index (κ2) is 7.04. The van der Waals surface area contributed by atoms with Crippen molar-refractivity contribution < 1.29 is 72.7 Å². The minimum absolute atomic E-state index is 0. The van der Waals surface area contributed by atoms with E-state index in [0.29, 0.717) is 0 Å². The summed E-state index contributed by atoms with van der Waals surface area (Å²) in [6, 6.07) is 5.65. The first-order valence-electron chi connectivity index (χ1n) is 4.17. The van der Waals surface area contributed by atoms with Gasteiger partial charge in [0.15, 0.2) is 0 Å². The average Bonchev–Trinajstić information content (AvgIpc) is 2.14. The van der Waals surface area contributed by atoms with Gasteiger partial charge in [0.25, 0.3) is 0 Å². The zero-order chi connectivity index (χ0) is 12.4. The van der Waals surface area contributed by atoms with Gasteiger partial charge in [0, 0.05) is 4.47 Å². The standard InChI is InChI=1S/C7H7BBrF3NO2S.K/c9-6-3-1-2-4-7(6)16(14,15)13-5-8(10,11)12;/h1-4,13H,5H2;/q-1;+1. The number of hydrogen-bond acceptors (Lipinski definition) is 2. The molecule has 0 unspecified atom stereocenters. The first-order valence-corrected chi connectivity index (χ1v) is 6.45. The summed E-state index contributed by atoms with van der Waals surface area (Å²) >= 11 is 2.96. The van der Waals surface area contributed by atoms with Crippen molar-refractivity contribution in [1.82, 2.24) is 4.72 Å². The van der Waals surface area contributed by atoms with E-state index in [4.69, 9.17) is 0 Å². The molecular weight excluding hydrogens is 349 g/mol. The van der Waals surface area contributed by atoms with Crippen LogP contribution < -0.4 is 56.1 Å². The molecule has 0 aliphatic carbocycles. The quantitative estimate of drug-likeness (QED) is 0.713. The molecule has 1 rings (SSSR count). The summed E-state index contributed by atoms with van der Waals surface area (Å²) in [6.45, 7) is -5.18. The Kier molecular flexibility index (Phi) is 7.49. The van der Waals surface area contributed by atoms with Gasteiger partial charge in [0.2, 0.25) is 10.0 Å². The van der Waals surface area contributed by atoms with Crippen molar-refractivity contribution in [2.75, 3.05) is 6.44 Å². The Morgan fingerprint density at radius 3 is 2.24 bits per heavy atom. The molecule has 0 spiro atoms. The molecule has 0 aliphatic rings. The minimum atomic E-state index is -5.18. The largest absolute Gasteiger partial charge is 1.00 e. The first kappa shape index (κ1) is 18.1. The van der Waals surface area contributed by atoms with E-state index in [0.717, 1.165) is 0 Å². The molecule has 0 amide bonds. The summed E-state index contributed by atoms with van der Waals surface area (Å²) in [6.07, 6.45) is -1.52. The summed E-state index contributed by atoms with van der Waals surface area (Å²) in [5.74, 6) is 0. The molecule has 0 radical (unpaired) electrons. The molecule has 90 valence electrons. The van der Waals surface area contributed by atoms with Gasteiger partial charge in [-0.3, -0.25) is 0 Å². The van der Waals surface area contributed by atoms with Gasteiger partial charge < -0.3 is 12.9 Å². The molecule has 1 aromatic carbocycles. The van der Waals surface area contributed by atoms with E-state index < -0.39 is 23.4 Å². The smallest absolute Gasteiger partial charge is 0.448 e. The third-order valence-electron chi connectivity index (χ3n) is 1.63. The van der Waals surface area contributed by atoms with E-state index >= 15 is 0 Å². The maximum absolute atomic E-state index is 11.9. The first-order chi connectivity index (χ1) is 7.22. The number of rotatable bonds is 4. The number of sulfonamides is 1. The molecule has 0 heterocycles. The number of nitrogens with one attached hydrogen (secondary N) is 1. The maximum Gasteiger partial charge on any atom is 1.00 e. The molecule has 0 saturated heterocycles. The Hall–Kier alpha value is 1.10. The Morgan fingerprint density at radius 1 is 1.24 bits per heavy atom. The van der Waals surface area contributed by atoms with Crippen molar-refractivity contribution in [3.05, 3.63) is 28.7 Å². The summed E-state index contributed by atoms with van der Waals surface area (Å²) in [5.41, 5.74) is 0. The van der Waals surface area contributed by atoms with Crippen LogP contribution in [0.25, 0.3) is 0 Å². The van der Waals surface area contributed by atoms with E-state index in [-0.39, 0.29) is 60.8 Å². The van der Waals surface area contributed by atoms with E-state index in [9.17, 15) is 21.4 Å². The van der Waals surface area contributed by atoms with Gasteiger partial charge in [-0.05, 0) is 34.5 Å². The number of hydrogen-bond donors (Lipinski definition) is 1. The third-order valence-corrected chi connectivity index (χ3v) is 4.07. The molecule has 0 bridgehead atoms. The summed E-state index contributed by atoms with van der Waals surface area (Å²) in [4.78, 5) is -0.213. The summed E-state index contributed by atoms with van der Waals surface area (Å²) < 4.78 is 60.4. The Morgan fingerprint density at radius 2 is 1.76 bits per heavy atom. The second-order valence-corrected chi connectivity index (χ2v) is 5.58. The van der Waals surface area contributed by atoms with Gasteiger partial charge in [-0.2, -0.15) is 0 Å². The molecular formula is C7H7BBrF3KNO2S. The maximum atomic E-state index is 11.9. The molecule has 1 N–H and O–H groups in total. The monoisotopic (exact) mass is 355 g/mol. The SMILES string of the molecule is O=S(=O)(NC[B-](F)(F)F)c1ccccc1Br.[K+]. The van der Waals surface area contributed by atoms with Crippen LogP contribution in [-0.4, -0.2) is 21.8 Å². The van der Waals surface area contributed by atoms with Crippen LogP contribution in [0.1, 0.15) is 0 Å². The normalized spacial score (nSPS) is 12.0. The van der Waals surface area contributed by atoms with Crippen LogP contribution in [0.15, 0.2) is 33.6 Å². The molecule has 10 heteroatoms. The van der Waals surface area contributed by atoms with Crippen LogP contribution in [0.5, 0.6) is 0 Å². The Bertz CT molecular complexity index is 482. The fourth-order valence-electron chi connectivity index (χ4n) is 0.945. The van der Waals surface area contributed by atoms with Gasteiger partial charge in [0.1, 0.15) is 0 Å². The van der Waals surface area contributed by atoms with Gasteiger partial charge in [-0.1, -0.05) is 12.1 Å². The van der Waals surface area contributed by atoms with Crippen LogP contribution in [0, 0.1) is 0 Å². The van der Waals surface area contributed by atoms with Crippen molar-refractivity contribution >= 4 is 32.9 Å². The third kappa shape index (κ3) is 6.19. The topological polar surface area (TPSA) is 46.2 Å². The van der Waals surface area contributed by atoms with Crippen molar-refractivity contribution in [3.63, 3.8) is 0 Å². The van der Waals surface area contributed by atoms with Crippen LogP contribution in [0.2, 0.25) is 0 Å². The fourth-order valence-corrected chi connectivity index (χ4v) is 3.02. The molecule has 0 aliphatic heterocycles. The van der Waals surface area contributed by atoms with Crippen LogP contribution >= 0.6 is 15.9 Å². The van der Waals surface area contributed by atoms with Crippen molar-refractivity contribution in [2.24, 2.45) is 0 Å². The van der Waals surface area contributed by atoms with Crippen molar-refractivity contribution in [1.29, 1.82) is 0 Å². The predicted molar refractivity (Wildman–Crippen MR) is 58.4 cm³/mol. The molecule has 0 atom stereocenters. The summed E-state index contributed by atoms with van der Waals surface area (Å²) in [5, 5.41) is 0. The van der Waals surface area contributed by atoms with Gasteiger partial charge in [0.05, 0.1) is 4.90 Å². The molecule has 0 fully saturated rings.